The normalized spacial score (nSPS) is 28.9. The van der Waals surface area contributed by atoms with Gasteiger partial charge in [-0.15, -0.1) is 0 Å². The predicted octanol–water partition coefficient (Wildman–Crippen LogP) is 1.08. The molecule has 1 aliphatic rings. The Morgan fingerprint density at radius 2 is 1.91 bits per heavy atom. The van der Waals surface area contributed by atoms with E-state index >= 15 is 0 Å². The van der Waals surface area contributed by atoms with Crippen LogP contribution in [0.5, 0.6) is 0 Å². The number of carboxylic acid groups (broad SMARTS) is 1. The van der Waals surface area contributed by atoms with Crippen LogP contribution in [0.15, 0.2) is 24.3 Å². The van der Waals surface area contributed by atoms with Crippen LogP contribution in [0.4, 0.5) is 0 Å². The van der Waals surface area contributed by atoms with E-state index in [1.54, 1.807) is 37.9 Å². The highest BCUT2D eigenvalue weighted by molar-refractivity contribution is 5.96. The number of carboxylic acids is 1. The molecule has 0 amide bonds. The van der Waals surface area contributed by atoms with Crippen molar-refractivity contribution < 1.29 is 19.8 Å². The average Bonchev–Trinajstić information content (AvgIpc) is 2.53. The quantitative estimate of drug-likeness (QED) is 0.678. The summed E-state index contributed by atoms with van der Waals surface area (Å²) in [6, 6.07) is 6.79. The van der Waals surface area contributed by atoms with Gasteiger partial charge in [0.05, 0.1) is 5.92 Å². The number of hydrogen-bond donors (Lipinski definition) is 3. The number of carbonyl (C=O) groups excluding carboxylic acids is 1. The molecule has 23 heavy (non-hydrogen) atoms. The Labute approximate surface area is 135 Å². The van der Waals surface area contributed by atoms with Gasteiger partial charge in [0, 0.05) is 30.5 Å². The van der Waals surface area contributed by atoms with Crippen LogP contribution in [0.1, 0.15) is 36.2 Å². The molecule has 0 radical (unpaired) electrons. The third-order valence-corrected chi connectivity index (χ3v) is 5.09. The summed E-state index contributed by atoms with van der Waals surface area (Å²) in [5, 5.41) is 19.7. The van der Waals surface area contributed by atoms with Crippen LogP contribution in [-0.4, -0.2) is 45.7 Å². The number of benzene rings is 1. The van der Waals surface area contributed by atoms with Gasteiger partial charge in [-0.2, -0.15) is 0 Å². The molecule has 0 saturated carbocycles. The molecule has 0 aromatic heterocycles. The molecule has 6 heteroatoms. The number of hydrogen-bond acceptors (Lipinski definition) is 5. The van der Waals surface area contributed by atoms with Gasteiger partial charge in [-0.05, 0) is 19.5 Å². The van der Waals surface area contributed by atoms with E-state index in [0.29, 0.717) is 12.1 Å². The second kappa shape index (κ2) is 6.39. The van der Waals surface area contributed by atoms with E-state index in [9.17, 15) is 19.8 Å². The second-order valence-corrected chi connectivity index (χ2v) is 6.45. The first-order valence-corrected chi connectivity index (χ1v) is 7.70. The lowest BCUT2D eigenvalue weighted by atomic mass is 9.68. The molecule has 6 nitrogen and oxygen atoms in total. The Morgan fingerprint density at radius 1 is 1.35 bits per heavy atom. The van der Waals surface area contributed by atoms with Crippen molar-refractivity contribution in [1.29, 1.82) is 0 Å². The molecule has 1 aromatic rings. The van der Waals surface area contributed by atoms with Crippen molar-refractivity contribution in [2.45, 2.75) is 38.6 Å². The van der Waals surface area contributed by atoms with Crippen LogP contribution in [-0.2, 0) is 11.3 Å². The highest BCUT2D eigenvalue weighted by Gasteiger charge is 2.58. The standard InChI is InChI=1S/C17H24N2O4/c1-10(16(21)22)15-13(19(3)17(15,2)23)8-14(20)12-6-4-11(9-18)5-7-12/h4-7,10,13,15,23H,8-9,18H2,1-3H3,(H,21,22). The van der Waals surface area contributed by atoms with Gasteiger partial charge in [0.1, 0.15) is 5.72 Å². The second-order valence-electron chi connectivity index (χ2n) is 6.45. The molecule has 4 unspecified atom stereocenters. The van der Waals surface area contributed by atoms with E-state index in [1.807, 2.05) is 12.1 Å². The first kappa shape index (κ1) is 17.6. The summed E-state index contributed by atoms with van der Waals surface area (Å²) in [6.07, 6.45) is 0.177. The van der Waals surface area contributed by atoms with E-state index in [4.69, 9.17) is 5.73 Å². The first-order valence-electron chi connectivity index (χ1n) is 7.70. The summed E-state index contributed by atoms with van der Waals surface area (Å²) in [5.41, 5.74) is 5.84. The maximum absolute atomic E-state index is 12.5. The minimum absolute atomic E-state index is 0.0662. The highest BCUT2D eigenvalue weighted by atomic mass is 16.4. The van der Waals surface area contributed by atoms with Gasteiger partial charge >= 0.3 is 5.97 Å². The van der Waals surface area contributed by atoms with Gasteiger partial charge in [-0.25, -0.2) is 0 Å². The van der Waals surface area contributed by atoms with Gasteiger partial charge in [0.15, 0.2) is 5.78 Å². The molecule has 0 spiro atoms. The fourth-order valence-electron chi connectivity index (χ4n) is 3.45. The number of nitrogens with zero attached hydrogens (tertiary/aromatic N) is 1. The molecular formula is C17H24N2O4. The van der Waals surface area contributed by atoms with Crippen molar-refractivity contribution in [2.75, 3.05) is 7.05 Å². The zero-order valence-electron chi connectivity index (χ0n) is 13.7. The third-order valence-electron chi connectivity index (χ3n) is 5.09. The lowest BCUT2D eigenvalue weighted by molar-refractivity contribution is -0.257. The average molecular weight is 320 g/mol. The first-order chi connectivity index (χ1) is 10.7. The Kier molecular flexibility index (Phi) is 4.89. The zero-order chi connectivity index (χ0) is 17.4. The summed E-state index contributed by atoms with van der Waals surface area (Å²) in [7, 11) is 1.71. The van der Waals surface area contributed by atoms with Crippen molar-refractivity contribution in [1.82, 2.24) is 4.90 Å². The minimum Gasteiger partial charge on any atom is -0.481 e. The van der Waals surface area contributed by atoms with Crippen LogP contribution in [0, 0.1) is 11.8 Å². The minimum atomic E-state index is -1.22. The van der Waals surface area contributed by atoms with E-state index in [0.717, 1.165) is 5.56 Å². The molecule has 1 aromatic carbocycles. The van der Waals surface area contributed by atoms with Crippen molar-refractivity contribution in [3.8, 4) is 0 Å². The molecule has 4 atom stereocenters. The molecule has 1 heterocycles. The third kappa shape index (κ3) is 3.15. The van der Waals surface area contributed by atoms with Gasteiger partial charge in [0.25, 0.3) is 0 Å². The summed E-state index contributed by atoms with van der Waals surface area (Å²) in [4.78, 5) is 25.4. The molecular weight excluding hydrogens is 296 g/mol. The largest absolute Gasteiger partial charge is 0.481 e. The van der Waals surface area contributed by atoms with Crippen molar-refractivity contribution in [3.63, 3.8) is 0 Å². The SMILES string of the molecule is CC(C(=O)O)C1C(CC(=O)c2ccc(CN)cc2)N(C)C1(C)O. The summed E-state index contributed by atoms with van der Waals surface area (Å²) >= 11 is 0. The molecule has 2 rings (SSSR count). The number of nitrogens with two attached hydrogens (primary N) is 1. The maximum Gasteiger partial charge on any atom is 0.306 e. The molecule has 0 bridgehead atoms. The van der Waals surface area contributed by atoms with Gasteiger partial charge < -0.3 is 15.9 Å². The molecule has 1 saturated heterocycles. The number of Topliss-reactive ketones (excluding diaryl/α,β-unsaturated/α-hetero) is 1. The van der Waals surface area contributed by atoms with Crippen LogP contribution < -0.4 is 5.73 Å². The van der Waals surface area contributed by atoms with Crippen molar-refractivity contribution in [3.05, 3.63) is 35.4 Å². The highest BCUT2D eigenvalue weighted by Crippen LogP contribution is 2.45. The Hall–Kier alpha value is -1.76. The molecule has 1 aliphatic heterocycles. The van der Waals surface area contributed by atoms with E-state index < -0.39 is 23.5 Å². The molecule has 0 aliphatic carbocycles. The van der Waals surface area contributed by atoms with E-state index in [-0.39, 0.29) is 18.2 Å². The Balaban J connectivity index is 2.13. The van der Waals surface area contributed by atoms with Crippen LogP contribution in [0.3, 0.4) is 0 Å². The predicted molar refractivity (Wildman–Crippen MR) is 85.7 cm³/mol. The topological polar surface area (TPSA) is 104 Å². The summed E-state index contributed by atoms with van der Waals surface area (Å²) < 4.78 is 0. The number of likely N-dealkylation sites (tertiary alicyclic amines) is 1. The van der Waals surface area contributed by atoms with Gasteiger partial charge in [-0.3, -0.25) is 14.5 Å². The smallest absolute Gasteiger partial charge is 0.306 e. The van der Waals surface area contributed by atoms with Gasteiger partial charge in [0.2, 0.25) is 0 Å². The van der Waals surface area contributed by atoms with Gasteiger partial charge in [-0.1, -0.05) is 31.2 Å². The molecule has 126 valence electrons. The number of aliphatic hydroxyl groups is 1. The fraction of sp³-hybridized carbons (Fsp3) is 0.529. The number of carbonyl (C=O) groups is 2. The Bertz CT molecular complexity index is 597. The van der Waals surface area contributed by atoms with Crippen LogP contribution in [0.2, 0.25) is 0 Å². The summed E-state index contributed by atoms with van der Waals surface area (Å²) in [6.45, 7) is 3.58. The number of ketones is 1. The van der Waals surface area contributed by atoms with Crippen molar-refractivity contribution in [2.24, 2.45) is 17.6 Å². The Morgan fingerprint density at radius 3 is 2.39 bits per heavy atom. The number of rotatable bonds is 6. The van der Waals surface area contributed by atoms with E-state index in [1.165, 1.54) is 0 Å². The lowest BCUT2D eigenvalue weighted by Crippen LogP contribution is -2.72. The lowest BCUT2D eigenvalue weighted by Gasteiger charge is -2.59. The number of aliphatic carboxylic acids is 1. The van der Waals surface area contributed by atoms with E-state index in [2.05, 4.69) is 0 Å². The maximum atomic E-state index is 12.5. The van der Waals surface area contributed by atoms with Crippen molar-refractivity contribution >= 4 is 11.8 Å². The van der Waals surface area contributed by atoms with Crippen LogP contribution >= 0.6 is 0 Å². The summed E-state index contributed by atoms with van der Waals surface area (Å²) in [5.74, 6) is -2.24. The monoisotopic (exact) mass is 320 g/mol. The molecule has 4 N–H and O–H groups in total. The fourth-order valence-corrected chi connectivity index (χ4v) is 3.45. The van der Waals surface area contributed by atoms with Crippen LogP contribution in [0.25, 0.3) is 0 Å². The zero-order valence-corrected chi connectivity index (χ0v) is 13.7. The molecule has 1 fully saturated rings.